The molecule has 2 atom stereocenters. The van der Waals surface area contributed by atoms with Crippen LogP contribution in [0.1, 0.15) is 13.8 Å². The fourth-order valence-corrected chi connectivity index (χ4v) is 3.92. The Kier molecular flexibility index (Phi) is 4.66. The molecule has 2 rings (SSSR count). The minimum Gasteiger partial charge on any atom is -0.477 e. The van der Waals surface area contributed by atoms with E-state index in [9.17, 15) is 24.3 Å². The number of carbonyl (C=O) groups is 4. The van der Waals surface area contributed by atoms with Gasteiger partial charge in [0, 0.05) is 32.3 Å². The lowest BCUT2D eigenvalue weighted by Crippen LogP contribution is -2.80. The fraction of sp³-hybridized carbons (Fsp3) is 0.538. The van der Waals surface area contributed by atoms with Crippen molar-refractivity contribution in [2.75, 3.05) is 19.5 Å². The Morgan fingerprint density at radius 1 is 1.43 bits per heavy atom. The summed E-state index contributed by atoms with van der Waals surface area (Å²) in [5.74, 6) is -2.77. The predicted octanol–water partition coefficient (Wildman–Crippen LogP) is -0.718. The number of carboxylic acid groups (broad SMARTS) is 1. The molecule has 0 aromatic rings. The molecule has 2 aliphatic heterocycles. The number of rotatable bonds is 5. The molecule has 23 heavy (non-hydrogen) atoms. The zero-order valence-corrected chi connectivity index (χ0v) is 13.6. The van der Waals surface area contributed by atoms with E-state index < -0.39 is 34.9 Å². The predicted molar refractivity (Wildman–Crippen MR) is 77.9 cm³/mol. The molecule has 2 aliphatic rings. The van der Waals surface area contributed by atoms with Crippen LogP contribution in [0.2, 0.25) is 0 Å². The number of hydrogen-bond acceptors (Lipinski definition) is 7. The Labute approximate surface area is 136 Å². The molecule has 126 valence electrons. The van der Waals surface area contributed by atoms with Gasteiger partial charge in [-0.15, -0.1) is 11.8 Å². The number of fused-ring (bicyclic) bond motifs is 1. The third-order valence-electron chi connectivity index (χ3n) is 3.45. The molecule has 2 N–H and O–H groups in total. The van der Waals surface area contributed by atoms with Gasteiger partial charge in [-0.05, 0) is 0 Å². The highest BCUT2D eigenvalue weighted by molar-refractivity contribution is 8.00. The van der Waals surface area contributed by atoms with Gasteiger partial charge < -0.3 is 19.9 Å². The van der Waals surface area contributed by atoms with E-state index in [1.807, 2.05) is 0 Å². The number of esters is 1. The van der Waals surface area contributed by atoms with Gasteiger partial charge in [0.15, 0.2) is 0 Å². The van der Waals surface area contributed by atoms with Crippen LogP contribution in [0.3, 0.4) is 0 Å². The van der Waals surface area contributed by atoms with Crippen LogP contribution >= 0.6 is 11.8 Å². The quantitative estimate of drug-likeness (QED) is 0.381. The van der Waals surface area contributed by atoms with Crippen molar-refractivity contribution in [2.24, 2.45) is 0 Å². The van der Waals surface area contributed by atoms with Crippen LogP contribution < -0.4 is 5.32 Å². The first kappa shape index (κ1) is 17.3. The van der Waals surface area contributed by atoms with Gasteiger partial charge in [0.05, 0.1) is 0 Å². The number of carbonyl (C=O) groups excluding carboxylic acids is 3. The standard InChI is InChI=1S/C13H16N2O7S/c1-6(16)14-13(21-3)11(20)15-9(10(18)19)8(4-22-7(2)17)5-23-12(13)15/h12H,4-5H2,1-3H3,(H,14,16)(H,18,19)/t12-,13?/m0/s1. The monoisotopic (exact) mass is 344 g/mol. The van der Waals surface area contributed by atoms with Gasteiger partial charge in [-0.25, -0.2) is 4.79 Å². The summed E-state index contributed by atoms with van der Waals surface area (Å²) in [6.45, 7) is 2.24. The molecule has 0 spiro atoms. The highest BCUT2D eigenvalue weighted by atomic mass is 32.2. The Balaban J connectivity index is 2.34. The molecule has 1 saturated heterocycles. The van der Waals surface area contributed by atoms with Crippen molar-refractivity contribution < 1.29 is 33.8 Å². The van der Waals surface area contributed by atoms with Gasteiger partial charge in [-0.1, -0.05) is 0 Å². The molecule has 2 amide bonds. The van der Waals surface area contributed by atoms with Gasteiger partial charge in [0.1, 0.15) is 17.7 Å². The summed E-state index contributed by atoms with van der Waals surface area (Å²) >= 11 is 1.22. The molecule has 0 bridgehead atoms. The second kappa shape index (κ2) is 6.20. The Bertz CT molecular complexity index is 617. The van der Waals surface area contributed by atoms with Crippen molar-refractivity contribution >= 4 is 35.5 Å². The molecule has 1 fully saturated rings. The lowest BCUT2D eigenvalue weighted by Gasteiger charge is -2.55. The maximum Gasteiger partial charge on any atom is 0.352 e. The number of carboxylic acids is 1. The molecular weight excluding hydrogens is 328 g/mol. The average molecular weight is 344 g/mol. The van der Waals surface area contributed by atoms with Crippen LogP contribution in [0.15, 0.2) is 11.3 Å². The van der Waals surface area contributed by atoms with Gasteiger partial charge in [0.2, 0.25) is 5.91 Å². The first-order chi connectivity index (χ1) is 10.7. The van der Waals surface area contributed by atoms with Crippen LogP contribution in [0.5, 0.6) is 0 Å². The number of thioether (sulfide) groups is 1. The molecule has 10 heteroatoms. The van der Waals surface area contributed by atoms with Crippen LogP contribution in [0, 0.1) is 0 Å². The number of ether oxygens (including phenoxy) is 2. The molecule has 2 heterocycles. The number of amides is 2. The zero-order chi connectivity index (χ0) is 17.4. The molecule has 0 aromatic heterocycles. The van der Waals surface area contributed by atoms with E-state index >= 15 is 0 Å². The zero-order valence-electron chi connectivity index (χ0n) is 12.7. The Hall–Kier alpha value is -2.07. The van der Waals surface area contributed by atoms with E-state index in [4.69, 9.17) is 9.47 Å². The maximum atomic E-state index is 12.5. The molecule has 9 nitrogen and oxygen atoms in total. The SMILES string of the molecule is COC1(NC(C)=O)C(=O)N2C(C(=O)O)=C(COC(C)=O)CS[C@H]21. The van der Waals surface area contributed by atoms with Crippen molar-refractivity contribution in [2.45, 2.75) is 24.9 Å². The third kappa shape index (κ3) is 2.79. The van der Waals surface area contributed by atoms with E-state index in [0.29, 0.717) is 5.57 Å². The normalized spacial score (nSPS) is 26.3. The number of nitrogens with zero attached hydrogens (tertiary/aromatic N) is 1. The topological polar surface area (TPSA) is 122 Å². The summed E-state index contributed by atoms with van der Waals surface area (Å²) in [7, 11) is 1.27. The van der Waals surface area contributed by atoms with Crippen LogP contribution in [0.25, 0.3) is 0 Å². The third-order valence-corrected chi connectivity index (χ3v) is 4.82. The van der Waals surface area contributed by atoms with E-state index in [-0.39, 0.29) is 18.1 Å². The van der Waals surface area contributed by atoms with E-state index in [2.05, 4.69) is 5.32 Å². The highest BCUT2D eigenvalue weighted by Crippen LogP contribution is 2.46. The maximum absolute atomic E-state index is 12.5. The minimum absolute atomic E-state index is 0.208. The number of nitrogens with one attached hydrogen (secondary N) is 1. The smallest absolute Gasteiger partial charge is 0.352 e. The fourth-order valence-electron chi connectivity index (χ4n) is 2.50. The molecular formula is C13H16N2O7S. The van der Waals surface area contributed by atoms with Gasteiger partial charge in [0.25, 0.3) is 11.6 Å². The molecule has 0 aliphatic carbocycles. The number of β-lactam (4-membered cyclic amide) rings is 1. The van der Waals surface area contributed by atoms with Gasteiger partial charge in [-0.3, -0.25) is 19.3 Å². The van der Waals surface area contributed by atoms with Crippen molar-refractivity contribution in [1.82, 2.24) is 10.2 Å². The summed E-state index contributed by atoms with van der Waals surface area (Å²) in [5, 5.41) is 11.2. The van der Waals surface area contributed by atoms with Crippen molar-refractivity contribution in [3.8, 4) is 0 Å². The Morgan fingerprint density at radius 2 is 2.09 bits per heavy atom. The minimum atomic E-state index is -1.58. The molecule has 0 aromatic carbocycles. The molecule has 0 radical (unpaired) electrons. The van der Waals surface area contributed by atoms with Crippen molar-refractivity contribution in [1.29, 1.82) is 0 Å². The first-order valence-electron chi connectivity index (χ1n) is 6.62. The first-order valence-corrected chi connectivity index (χ1v) is 7.67. The number of methoxy groups -OCH3 is 1. The average Bonchev–Trinajstić information content (AvgIpc) is 2.48. The summed E-state index contributed by atoms with van der Waals surface area (Å²) in [6.07, 6.45) is 0. The summed E-state index contributed by atoms with van der Waals surface area (Å²) < 4.78 is 10.0. The van der Waals surface area contributed by atoms with E-state index in [0.717, 1.165) is 4.90 Å². The molecule has 0 saturated carbocycles. The van der Waals surface area contributed by atoms with Crippen LogP contribution in [-0.4, -0.2) is 64.3 Å². The second-order valence-corrected chi connectivity index (χ2v) is 6.07. The van der Waals surface area contributed by atoms with Gasteiger partial charge >= 0.3 is 11.9 Å². The van der Waals surface area contributed by atoms with E-state index in [1.165, 1.54) is 32.7 Å². The number of aliphatic carboxylic acids is 1. The lowest BCUT2D eigenvalue weighted by molar-refractivity contribution is -0.192. The van der Waals surface area contributed by atoms with E-state index in [1.54, 1.807) is 0 Å². The lowest BCUT2D eigenvalue weighted by atomic mass is 9.98. The molecule has 1 unspecified atom stereocenters. The van der Waals surface area contributed by atoms with Gasteiger partial charge in [-0.2, -0.15) is 0 Å². The summed E-state index contributed by atoms with van der Waals surface area (Å²) in [6, 6.07) is 0. The summed E-state index contributed by atoms with van der Waals surface area (Å²) in [5.41, 5.74) is -1.50. The summed E-state index contributed by atoms with van der Waals surface area (Å²) in [4.78, 5) is 47.3. The Morgan fingerprint density at radius 3 is 2.57 bits per heavy atom. The van der Waals surface area contributed by atoms with Crippen LogP contribution in [-0.2, 0) is 28.7 Å². The second-order valence-electron chi connectivity index (χ2n) is 5.00. The van der Waals surface area contributed by atoms with Crippen molar-refractivity contribution in [3.63, 3.8) is 0 Å². The number of hydrogen-bond donors (Lipinski definition) is 2. The van der Waals surface area contributed by atoms with Crippen LogP contribution in [0.4, 0.5) is 0 Å². The highest BCUT2D eigenvalue weighted by Gasteiger charge is 2.66. The largest absolute Gasteiger partial charge is 0.477 e. The van der Waals surface area contributed by atoms with Crippen molar-refractivity contribution in [3.05, 3.63) is 11.3 Å².